The molecule has 2 aromatic rings. The largest absolute Gasteiger partial charge is 0.493 e. The van der Waals surface area contributed by atoms with Crippen LogP contribution in [0.1, 0.15) is 10.4 Å². The lowest BCUT2D eigenvalue weighted by molar-refractivity contribution is -0.0515. The Morgan fingerprint density at radius 2 is 1.91 bits per heavy atom. The third-order valence-electron chi connectivity index (χ3n) is 2.83. The molecule has 0 aliphatic carbocycles. The summed E-state index contributed by atoms with van der Waals surface area (Å²) in [7, 11) is 1.29. The first-order valence-electron chi connectivity index (χ1n) is 6.30. The second-order valence-electron chi connectivity index (χ2n) is 4.30. The lowest BCUT2D eigenvalue weighted by atomic mass is 10.1. The Kier molecular flexibility index (Phi) is 5.63. The zero-order chi connectivity index (χ0) is 17.0. The number of para-hydroxylation sites is 1. The molecule has 0 aromatic heterocycles. The molecule has 0 saturated heterocycles. The second-order valence-corrected chi connectivity index (χ2v) is 5.11. The van der Waals surface area contributed by atoms with Gasteiger partial charge in [0.25, 0.3) is 5.91 Å². The highest BCUT2D eigenvalue weighted by Crippen LogP contribution is 2.33. The van der Waals surface area contributed by atoms with Crippen molar-refractivity contribution in [1.29, 1.82) is 0 Å². The number of carbonyl (C=O) groups excluding carboxylic acids is 1. The van der Waals surface area contributed by atoms with Crippen molar-refractivity contribution in [2.75, 3.05) is 12.4 Å². The van der Waals surface area contributed by atoms with Gasteiger partial charge in [-0.05, 0) is 30.3 Å². The van der Waals surface area contributed by atoms with Crippen LogP contribution in [0.2, 0.25) is 10.0 Å². The molecule has 2 rings (SSSR count). The monoisotopic (exact) mass is 361 g/mol. The number of amides is 1. The van der Waals surface area contributed by atoms with Crippen LogP contribution in [-0.4, -0.2) is 19.6 Å². The van der Waals surface area contributed by atoms with Crippen molar-refractivity contribution in [2.24, 2.45) is 0 Å². The molecule has 2 aromatic carbocycles. The van der Waals surface area contributed by atoms with Crippen molar-refractivity contribution < 1.29 is 23.0 Å². The van der Waals surface area contributed by atoms with Crippen molar-refractivity contribution in [3.8, 4) is 11.5 Å². The highest BCUT2D eigenvalue weighted by molar-refractivity contribution is 6.42. The van der Waals surface area contributed by atoms with E-state index in [0.29, 0.717) is 10.7 Å². The van der Waals surface area contributed by atoms with E-state index in [0.717, 1.165) is 0 Å². The molecule has 0 unspecified atom stereocenters. The third-order valence-corrected chi connectivity index (χ3v) is 3.57. The predicted octanol–water partition coefficient (Wildman–Crippen LogP) is 4.86. The molecule has 0 bridgehead atoms. The van der Waals surface area contributed by atoms with Gasteiger partial charge in [-0.15, -0.1) is 0 Å². The predicted molar refractivity (Wildman–Crippen MR) is 84.0 cm³/mol. The van der Waals surface area contributed by atoms with Crippen LogP contribution in [0, 0.1) is 0 Å². The zero-order valence-electron chi connectivity index (χ0n) is 11.8. The van der Waals surface area contributed by atoms with Gasteiger partial charge in [-0.2, -0.15) is 8.78 Å². The first-order valence-corrected chi connectivity index (χ1v) is 7.06. The van der Waals surface area contributed by atoms with Crippen molar-refractivity contribution in [3.05, 3.63) is 52.0 Å². The quantitative estimate of drug-likeness (QED) is 0.827. The van der Waals surface area contributed by atoms with Crippen LogP contribution in [0.5, 0.6) is 11.5 Å². The van der Waals surface area contributed by atoms with E-state index in [1.165, 1.54) is 43.5 Å². The van der Waals surface area contributed by atoms with E-state index in [-0.39, 0.29) is 22.1 Å². The lowest BCUT2D eigenvalue weighted by Gasteiger charge is -2.14. The van der Waals surface area contributed by atoms with Crippen molar-refractivity contribution in [3.63, 3.8) is 0 Å². The summed E-state index contributed by atoms with van der Waals surface area (Å²) in [5, 5.41) is 3.10. The Morgan fingerprint density at radius 1 is 1.17 bits per heavy atom. The molecule has 0 saturated carbocycles. The Bertz CT molecular complexity index is 726. The van der Waals surface area contributed by atoms with Crippen molar-refractivity contribution in [1.82, 2.24) is 0 Å². The summed E-state index contributed by atoms with van der Waals surface area (Å²) in [5.41, 5.74) is 0.255. The van der Waals surface area contributed by atoms with Gasteiger partial charge >= 0.3 is 6.61 Å². The molecular formula is C15H11Cl2F2NO3. The molecule has 0 fully saturated rings. The summed E-state index contributed by atoms with van der Waals surface area (Å²) in [6.07, 6.45) is 0. The fourth-order valence-electron chi connectivity index (χ4n) is 1.84. The van der Waals surface area contributed by atoms with E-state index in [4.69, 9.17) is 27.9 Å². The molecule has 8 heteroatoms. The number of halogens is 4. The maximum atomic E-state index is 12.6. The van der Waals surface area contributed by atoms with Gasteiger partial charge in [0.2, 0.25) is 0 Å². The smallest absolute Gasteiger partial charge is 0.387 e. The molecule has 0 atom stereocenters. The van der Waals surface area contributed by atoms with Gasteiger partial charge in [0.15, 0.2) is 11.5 Å². The van der Waals surface area contributed by atoms with Gasteiger partial charge in [0, 0.05) is 5.69 Å². The van der Waals surface area contributed by atoms with Crippen LogP contribution in [0.4, 0.5) is 14.5 Å². The molecule has 0 aliphatic heterocycles. The van der Waals surface area contributed by atoms with Crippen LogP contribution >= 0.6 is 23.2 Å². The number of nitrogens with one attached hydrogen (secondary N) is 1. The molecule has 0 aliphatic rings. The molecular weight excluding hydrogens is 351 g/mol. The van der Waals surface area contributed by atoms with E-state index in [1.807, 2.05) is 0 Å². The van der Waals surface area contributed by atoms with Crippen LogP contribution in [0.3, 0.4) is 0 Å². The van der Waals surface area contributed by atoms with Crippen LogP contribution < -0.4 is 14.8 Å². The SMILES string of the molecule is COc1cccc(C(=O)Nc2ccc(Cl)c(Cl)c2)c1OC(F)F. The van der Waals surface area contributed by atoms with Gasteiger partial charge < -0.3 is 14.8 Å². The number of carbonyl (C=O) groups is 1. The van der Waals surface area contributed by atoms with E-state index < -0.39 is 12.5 Å². The summed E-state index contributed by atoms with van der Waals surface area (Å²) in [6.45, 7) is -3.09. The van der Waals surface area contributed by atoms with Crippen molar-refractivity contribution >= 4 is 34.8 Å². The molecule has 0 heterocycles. The van der Waals surface area contributed by atoms with Crippen LogP contribution in [-0.2, 0) is 0 Å². The molecule has 23 heavy (non-hydrogen) atoms. The third kappa shape index (κ3) is 4.24. The summed E-state index contributed by atoms with van der Waals surface area (Å²) in [6, 6.07) is 8.71. The Labute approximate surface area is 140 Å². The zero-order valence-corrected chi connectivity index (χ0v) is 13.3. The second kappa shape index (κ2) is 7.48. The Balaban J connectivity index is 2.32. The normalized spacial score (nSPS) is 10.5. The molecule has 122 valence electrons. The number of hydrogen-bond donors (Lipinski definition) is 1. The van der Waals surface area contributed by atoms with Gasteiger partial charge in [-0.25, -0.2) is 0 Å². The number of rotatable bonds is 5. The molecule has 0 spiro atoms. The molecule has 1 N–H and O–H groups in total. The lowest BCUT2D eigenvalue weighted by Crippen LogP contribution is -2.15. The van der Waals surface area contributed by atoms with Gasteiger partial charge in [-0.1, -0.05) is 29.3 Å². The fourth-order valence-corrected chi connectivity index (χ4v) is 2.14. The fraction of sp³-hybridized carbons (Fsp3) is 0.133. The van der Waals surface area contributed by atoms with E-state index in [2.05, 4.69) is 10.1 Å². The van der Waals surface area contributed by atoms with Gasteiger partial charge in [-0.3, -0.25) is 4.79 Å². The highest BCUT2D eigenvalue weighted by Gasteiger charge is 2.20. The average molecular weight is 362 g/mol. The van der Waals surface area contributed by atoms with E-state index in [1.54, 1.807) is 0 Å². The molecule has 4 nitrogen and oxygen atoms in total. The van der Waals surface area contributed by atoms with E-state index in [9.17, 15) is 13.6 Å². The number of anilines is 1. The molecule has 1 amide bonds. The van der Waals surface area contributed by atoms with Crippen LogP contribution in [0.15, 0.2) is 36.4 Å². The standard InChI is InChI=1S/C15H11Cl2F2NO3/c1-22-12-4-2-3-9(13(12)23-15(18)19)14(21)20-8-5-6-10(16)11(17)7-8/h2-7,15H,1H3,(H,20,21). The van der Waals surface area contributed by atoms with E-state index >= 15 is 0 Å². The maximum absolute atomic E-state index is 12.6. The van der Waals surface area contributed by atoms with Gasteiger partial charge in [0.1, 0.15) is 0 Å². The summed E-state index contributed by atoms with van der Waals surface area (Å²) in [4.78, 5) is 12.3. The summed E-state index contributed by atoms with van der Waals surface area (Å²) >= 11 is 11.7. The number of methoxy groups -OCH3 is 1. The minimum atomic E-state index is -3.09. The summed E-state index contributed by atoms with van der Waals surface area (Å²) < 4.78 is 34.5. The minimum absolute atomic E-state index is 0.0205. The summed E-state index contributed by atoms with van der Waals surface area (Å²) in [5.74, 6) is -0.979. The van der Waals surface area contributed by atoms with Crippen LogP contribution in [0.25, 0.3) is 0 Å². The maximum Gasteiger partial charge on any atom is 0.387 e. The number of hydrogen-bond acceptors (Lipinski definition) is 3. The van der Waals surface area contributed by atoms with Gasteiger partial charge in [0.05, 0.1) is 22.7 Å². The first kappa shape index (κ1) is 17.3. The topological polar surface area (TPSA) is 47.6 Å². The number of benzene rings is 2. The first-order chi connectivity index (χ1) is 10.9. The average Bonchev–Trinajstić information content (AvgIpc) is 2.50. The van der Waals surface area contributed by atoms with Crippen molar-refractivity contribution in [2.45, 2.75) is 6.61 Å². The highest BCUT2D eigenvalue weighted by atomic mass is 35.5. The molecule has 0 radical (unpaired) electrons. The Morgan fingerprint density at radius 3 is 2.52 bits per heavy atom. The minimum Gasteiger partial charge on any atom is -0.493 e. The Hall–Kier alpha value is -2.05. The number of ether oxygens (including phenoxy) is 2. The number of alkyl halides is 2.